The summed E-state index contributed by atoms with van der Waals surface area (Å²) in [5, 5.41) is 5.30. The van der Waals surface area contributed by atoms with E-state index < -0.39 is 12.1 Å². The lowest BCUT2D eigenvalue weighted by atomic mass is 10.2. The van der Waals surface area contributed by atoms with Crippen LogP contribution in [0, 0.1) is 5.92 Å². The number of alkyl carbamates (subject to hydrolysis) is 1. The lowest BCUT2D eigenvalue weighted by molar-refractivity contribution is -0.122. The minimum absolute atomic E-state index is 0.180. The zero-order chi connectivity index (χ0) is 17.2. The van der Waals surface area contributed by atoms with Gasteiger partial charge in [0.25, 0.3) is 0 Å². The van der Waals surface area contributed by atoms with Gasteiger partial charge in [0.05, 0.1) is 0 Å². The molecule has 2 rings (SSSR count). The van der Waals surface area contributed by atoms with Gasteiger partial charge in [-0.25, -0.2) is 4.79 Å². The van der Waals surface area contributed by atoms with Crippen LogP contribution in [0.15, 0.2) is 30.3 Å². The zero-order valence-corrected chi connectivity index (χ0v) is 14.1. The largest absolute Gasteiger partial charge is 0.445 e. The lowest BCUT2D eigenvalue weighted by Crippen LogP contribution is -2.45. The third-order valence-electron chi connectivity index (χ3n) is 3.76. The third-order valence-corrected chi connectivity index (χ3v) is 3.76. The molecule has 0 heterocycles. The minimum Gasteiger partial charge on any atom is -0.445 e. The van der Waals surface area contributed by atoms with Crippen LogP contribution in [0.5, 0.6) is 0 Å². The third kappa shape index (κ3) is 7.46. The van der Waals surface area contributed by atoms with Gasteiger partial charge in [0.15, 0.2) is 0 Å². The number of carbonyl (C=O) groups is 2. The Balaban J connectivity index is 1.52. The average Bonchev–Trinajstić information content (AvgIpc) is 3.41. The van der Waals surface area contributed by atoms with Gasteiger partial charge >= 0.3 is 6.09 Å². The molecule has 1 aliphatic carbocycles. The van der Waals surface area contributed by atoms with E-state index in [-0.39, 0.29) is 12.5 Å². The molecule has 2 amide bonds. The topological polar surface area (TPSA) is 76.7 Å². The van der Waals surface area contributed by atoms with E-state index >= 15 is 0 Å². The van der Waals surface area contributed by atoms with Crippen LogP contribution < -0.4 is 10.6 Å². The van der Waals surface area contributed by atoms with Gasteiger partial charge in [0, 0.05) is 19.8 Å². The SMILES string of the molecule is C[C@H](NC(=O)OCc1ccccc1)C(=O)NCCCOCC1CC1. The fraction of sp³-hybridized carbons (Fsp3) is 0.556. The summed E-state index contributed by atoms with van der Waals surface area (Å²) in [7, 11) is 0. The molecule has 6 heteroatoms. The standard InChI is InChI=1S/C18H26N2O4/c1-14(17(21)19-10-5-11-23-12-16-8-9-16)20-18(22)24-13-15-6-3-2-4-7-15/h2-4,6-7,14,16H,5,8-13H2,1H3,(H,19,21)(H,20,22)/t14-/m0/s1. The summed E-state index contributed by atoms with van der Waals surface area (Å²) in [6.07, 6.45) is 2.72. The predicted octanol–water partition coefficient (Wildman–Crippen LogP) is 2.23. The van der Waals surface area contributed by atoms with Crippen LogP contribution in [0.4, 0.5) is 4.79 Å². The molecule has 1 aliphatic rings. The van der Waals surface area contributed by atoms with Crippen molar-refractivity contribution < 1.29 is 19.1 Å². The molecule has 0 aliphatic heterocycles. The molecule has 24 heavy (non-hydrogen) atoms. The molecule has 1 aromatic carbocycles. The zero-order valence-electron chi connectivity index (χ0n) is 14.1. The summed E-state index contributed by atoms with van der Waals surface area (Å²) in [5.74, 6) is 0.527. The van der Waals surface area contributed by atoms with Gasteiger partial charge in [0.2, 0.25) is 5.91 Å². The summed E-state index contributed by atoms with van der Waals surface area (Å²) in [5.41, 5.74) is 0.899. The molecule has 0 saturated heterocycles. The van der Waals surface area contributed by atoms with Crippen LogP contribution in [-0.2, 0) is 20.9 Å². The highest BCUT2D eigenvalue weighted by Gasteiger charge is 2.21. The Morgan fingerprint density at radius 2 is 2.00 bits per heavy atom. The first-order chi connectivity index (χ1) is 11.6. The Labute approximate surface area is 142 Å². The maximum atomic E-state index is 11.9. The van der Waals surface area contributed by atoms with Gasteiger partial charge < -0.3 is 20.1 Å². The Morgan fingerprint density at radius 1 is 1.25 bits per heavy atom. The van der Waals surface area contributed by atoms with Crippen LogP contribution in [0.1, 0.15) is 31.7 Å². The van der Waals surface area contributed by atoms with Crippen molar-refractivity contribution in [1.82, 2.24) is 10.6 Å². The van der Waals surface area contributed by atoms with Gasteiger partial charge in [-0.05, 0) is 37.7 Å². The molecular weight excluding hydrogens is 308 g/mol. The molecule has 1 saturated carbocycles. The van der Waals surface area contributed by atoms with Gasteiger partial charge in [0.1, 0.15) is 12.6 Å². The maximum Gasteiger partial charge on any atom is 0.408 e. The van der Waals surface area contributed by atoms with Crippen molar-refractivity contribution in [2.45, 2.75) is 38.8 Å². The van der Waals surface area contributed by atoms with Crippen LogP contribution in [0.2, 0.25) is 0 Å². The van der Waals surface area contributed by atoms with Crippen LogP contribution in [0.25, 0.3) is 0 Å². The highest BCUT2D eigenvalue weighted by Crippen LogP contribution is 2.28. The fourth-order valence-electron chi connectivity index (χ4n) is 2.08. The summed E-state index contributed by atoms with van der Waals surface area (Å²) >= 11 is 0. The van der Waals surface area contributed by atoms with Crippen LogP contribution >= 0.6 is 0 Å². The first kappa shape index (κ1) is 18.3. The summed E-state index contributed by atoms with van der Waals surface area (Å²) in [6.45, 7) is 3.83. The average molecular weight is 334 g/mol. The second kappa shape index (κ2) is 9.93. The Morgan fingerprint density at radius 3 is 2.71 bits per heavy atom. The molecule has 0 unspecified atom stereocenters. The number of rotatable bonds is 10. The number of nitrogens with one attached hydrogen (secondary N) is 2. The van der Waals surface area contributed by atoms with E-state index in [4.69, 9.17) is 9.47 Å². The number of carbonyl (C=O) groups excluding carboxylic acids is 2. The highest BCUT2D eigenvalue weighted by atomic mass is 16.5. The van der Waals surface area contributed by atoms with Gasteiger partial charge in [-0.15, -0.1) is 0 Å². The Bertz CT molecular complexity index is 517. The molecule has 0 aromatic heterocycles. The molecule has 2 N–H and O–H groups in total. The van der Waals surface area contributed by atoms with E-state index in [1.165, 1.54) is 12.8 Å². The second-order valence-corrected chi connectivity index (χ2v) is 6.09. The quantitative estimate of drug-likeness (QED) is 0.643. The molecular formula is C18H26N2O4. The minimum atomic E-state index is -0.638. The predicted molar refractivity (Wildman–Crippen MR) is 90.4 cm³/mol. The number of ether oxygens (including phenoxy) is 2. The Hall–Kier alpha value is -2.08. The van der Waals surface area contributed by atoms with Crippen molar-refractivity contribution in [3.63, 3.8) is 0 Å². The molecule has 0 radical (unpaired) electrons. The van der Waals surface area contributed by atoms with E-state index in [0.717, 1.165) is 24.5 Å². The summed E-state index contributed by atoms with van der Waals surface area (Å²) in [6, 6.07) is 8.75. The van der Waals surface area contributed by atoms with Crippen molar-refractivity contribution in [3.05, 3.63) is 35.9 Å². The molecule has 132 valence electrons. The smallest absolute Gasteiger partial charge is 0.408 e. The van der Waals surface area contributed by atoms with E-state index in [1.54, 1.807) is 6.92 Å². The van der Waals surface area contributed by atoms with Gasteiger partial charge in [-0.2, -0.15) is 0 Å². The first-order valence-electron chi connectivity index (χ1n) is 8.48. The van der Waals surface area contributed by atoms with E-state index in [0.29, 0.717) is 13.2 Å². The van der Waals surface area contributed by atoms with Gasteiger partial charge in [-0.3, -0.25) is 4.79 Å². The molecule has 0 spiro atoms. The van der Waals surface area contributed by atoms with Crippen molar-refractivity contribution in [1.29, 1.82) is 0 Å². The Kier molecular flexibility index (Phi) is 7.55. The van der Waals surface area contributed by atoms with Crippen LogP contribution in [-0.4, -0.2) is 37.8 Å². The van der Waals surface area contributed by atoms with E-state index in [2.05, 4.69) is 10.6 Å². The number of amides is 2. The van der Waals surface area contributed by atoms with E-state index in [1.807, 2.05) is 30.3 Å². The van der Waals surface area contributed by atoms with Gasteiger partial charge in [-0.1, -0.05) is 30.3 Å². The van der Waals surface area contributed by atoms with Crippen molar-refractivity contribution >= 4 is 12.0 Å². The van der Waals surface area contributed by atoms with Crippen molar-refractivity contribution in [3.8, 4) is 0 Å². The summed E-state index contributed by atoms with van der Waals surface area (Å²) < 4.78 is 10.6. The normalized spacial score (nSPS) is 14.7. The summed E-state index contributed by atoms with van der Waals surface area (Å²) in [4.78, 5) is 23.6. The molecule has 1 atom stereocenters. The van der Waals surface area contributed by atoms with Crippen molar-refractivity contribution in [2.75, 3.05) is 19.8 Å². The highest BCUT2D eigenvalue weighted by molar-refractivity contribution is 5.85. The number of hydrogen-bond donors (Lipinski definition) is 2. The fourth-order valence-corrected chi connectivity index (χ4v) is 2.08. The van der Waals surface area contributed by atoms with E-state index in [9.17, 15) is 9.59 Å². The first-order valence-corrected chi connectivity index (χ1v) is 8.48. The molecule has 1 aromatic rings. The number of benzene rings is 1. The second-order valence-electron chi connectivity index (χ2n) is 6.09. The number of hydrogen-bond acceptors (Lipinski definition) is 4. The lowest BCUT2D eigenvalue weighted by Gasteiger charge is -2.14. The van der Waals surface area contributed by atoms with Crippen LogP contribution in [0.3, 0.4) is 0 Å². The maximum absolute atomic E-state index is 11.9. The monoisotopic (exact) mass is 334 g/mol. The van der Waals surface area contributed by atoms with Crippen molar-refractivity contribution in [2.24, 2.45) is 5.92 Å². The molecule has 6 nitrogen and oxygen atoms in total. The molecule has 0 bridgehead atoms. The molecule has 1 fully saturated rings.